The van der Waals surface area contributed by atoms with E-state index in [1.54, 1.807) is 0 Å². The Hall–Kier alpha value is -1.43. The van der Waals surface area contributed by atoms with Crippen LogP contribution in [0.2, 0.25) is 0 Å². The van der Waals surface area contributed by atoms with E-state index in [0.717, 1.165) is 36.0 Å². The predicted molar refractivity (Wildman–Crippen MR) is 78.7 cm³/mol. The fourth-order valence-electron chi connectivity index (χ4n) is 1.70. The normalized spacial score (nSPS) is 11.8. The Morgan fingerprint density at radius 2 is 2.16 bits per heavy atom. The van der Waals surface area contributed by atoms with Gasteiger partial charge in [0.2, 0.25) is 5.13 Å². The van der Waals surface area contributed by atoms with Crippen LogP contribution in [0.4, 0.5) is 5.13 Å². The third-order valence-electron chi connectivity index (χ3n) is 2.93. The molecule has 0 radical (unpaired) electrons. The minimum atomic E-state index is 0.0182. The van der Waals surface area contributed by atoms with Gasteiger partial charge in [0, 0.05) is 29.2 Å². The van der Waals surface area contributed by atoms with Crippen molar-refractivity contribution in [2.75, 3.05) is 11.9 Å². The van der Waals surface area contributed by atoms with Crippen LogP contribution in [0.15, 0.2) is 6.20 Å². The second kappa shape index (κ2) is 5.69. The van der Waals surface area contributed by atoms with Gasteiger partial charge in [0.05, 0.1) is 6.20 Å². The van der Waals surface area contributed by atoms with Crippen molar-refractivity contribution < 1.29 is 0 Å². The van der Waals surface area contributed by atoms with Crippen molar-refractivity contribution >= 4 is 16.7 Å². The first-order valence-electron chi connectivity index (χ1n) is 6.54. The molecule has 0 saturated heterocycles. The third-order valence-corrected chi connectivity index (χ3v) is 3.60. The minimum Gasteiger partial charge on any atom is -0.360 e. The van der Waals surface area contributed by atoms with Crippen LogP contribution in [0, 0.1) is 6.92 Å². The van der Waals surface area contributed by atoms with Crippen molar-refractivity contribution in [1.82, 2.24) is 19.6 Å². The molecule has 0 saturated carbocycles. The van der Waals surface area contributed by atoms with Crippen molar-refractivity contribution in [1.29, 1.82) is 0 Å². The molecule has 2 N–H and O–H groups in total. The van der Waals surface area contributed by atoms with Crippen molar-refractivity contribution in [2.45, 2.75) is 46.0 Å². The summed E-state index contributed by atoms with van der Waals surface area (Å²) < 4.78 is 4.38. The molecule has 0 fully saturated rings. The summed E-state index contributed by atoms with van der Waals surface area (Å²) in [6.45, 7) is 9.33. The molecule has 2 aromatic heterocycles. The van der Waals surface area contributed by atoms with Gasteiger partial charge >= 0.3 is 0 Å². The van der Waals surface area contributed by atoms with Gasteiger partial charge < -0.3 is 5.32 Å². The van der Waals surface area contributed by atoms with Crippen LogP contribution in [0.1, 0.15) is 44.3 Å². The number of hydrogen-bond acceptors (Lipinski definition) is 5. The summed E-state index contributed by atoms with van der Waals surface area (Å²) in [5.74, 6) is 0.908. The van der Waals surface area contributed by atoms with E-state index >= 15 is 0 Å². The number of aromatic nitrogens is 4. The number of H-pyrrole nitrogens is 1. The van der Waals surface area contributed by atoms with Gasteiger partial charge in [-0.05, 0) is 25.3 Å². The fourth-order valence-corrected chi connectivity index (χ4v) is 2.48. The summed E-state index contributed by atoms with van der Waals surface area (Å²) in [5.41, 5.74) is 2.46. The Labute approximate surface area is 118 Å². The molecule has 5 nitrogen and oxygen atoms in total. The maximum atomic E-state index is 4.51. The smallest absolute Gasteiger partial charge is 0.202 e. The quantitative estimate of drug-likeness (QED) is 0.826. The molecule has 19 heavy (non-hydrogen) atoms. The number of aryl methyl sites for hydroxylation is 2. The molecule has 0 amide bonds. The van der Waals surface area contributed by atoms with Gasteiger partial charge in [-0.3, -0.25) is 5.10 Å². The number of nitrogens with zero attached hydrogens (tertiary/aromatic N) is 3. The average molecular weight is 279 g/mol. The first-order chi connectivity index (χ1) is 8.97. The molecule has 0 atom stereocenters. The van der Waals surface area contributed by atoms with E-state index in [1.165, 1.54) is 17.1 Å². The highest BCUT2D eigenvalue weighted by Crippen LogP contribution is 2.22. The van der Waals surface area contributed by atoms with E-state index in [1.807, 2.05) is 6.20 Å². The fraction of sp³-hybridized carbons (Fsp3) is 0.615. The van der Waals surface area contributed by atoms with Crippen molar-refractivity contribution in [3.05, 3.63) is 23.3 Å². The average Bonchev–Trinajstić information content (AvgIpc) is 2.93. The van der Waals surface area contributed by atoms with Crippen LogP contribution in [0.5, 0.6) is 0 Å². The Morgan fingerprint density at radius 3 is 2.74 bits per heavy atom. The van der Waals surface area contributed by atoms with Gasteiger partial charge in [0.25, 0.3) is 0 Å². The van der Waals surface area contributed by atoms with Gasteiger partial charge in [-0.25, -0.2) is 4.98 Å². The highest BCUT2D eigenvalue weighted by molar-refractivity contribution is 7.09. The number of hydrogen-bond donors (Lipinski definition) is 2. The minimum absolute atomic E-state index is 0.0182. The summed E-state index contributed by atoms with van der Waals surface area (Å²) in [6.07, 6.45) is 3.99. The summed E-state index contributed by atoms with van der Waals surface area (Å²) in [5, 5.41) is 11.2. The lowest BCUT2D eigenvalue weighted by Gasteiger charge is -2.12. The van der Waals surface area contributed by atoms with Crippen LogP contribution in [-0.2, 0) is 11.8 Å². The molecule has 0 bridgehead atoms. The zero-order valence-corrected chi connectivity index (χ0v) is 12.8. The summed E-state index contributed by atoms with van der Waals surface area (Å²) in [7, 11) is 0. The number of aromatic amines is 1. The van der Waals surface area contributed by atoms with Crippen molar-refractivity contribution in [3.8, 4) is 0 Å². The molecule has 2 heterocycles. The van der Waals surface area contributed by atoms with Crippen LogP contribution in [-0.4, -0.2) is 26.1 Å². The maximum absolute atomic E-state index is 4.51. The molecule has 0 aromatic carbocycles. The summed E-state index contributed by atoms with van der Waals surface area (Å²) >= 11 is 1.44. The number of nitrogens with one attached hydrogen (secondary N) is 2. The van der Waals surface area contributed by atoms with E-state index < -0.39 is 0 Å². The predicted octanol–water partition coefficient (Wildman–Crippen LogP) is 2.91. The molecule has 2 aromatic rings. The van der Waals surface area contributed by atoms with Crippen LogP contribution in [0.3, 0.4) is 0 Å². The summed E-state index contributed by atoms with van der Waals surface area (Å²) in [4.78, 5) is 4.51. The Bertz CT molecular complexity index is 523. The van der Waals surface area contributed by atoms with Gasteiger partial charge in [0.15, 0.2) is 0 Å². The van der Waals surface area contributed by atoms with Crippen LogP contribution >= 0.6 is 11.5 Å². The number of anilines is 1. The van der Waals surface area contributed by atoms with Crippen molar-refractivity contribution in [2.24, 2.45) is 0 Å². The molecular formula is C13H21N5S. The van der Waals surface area contributed by atoms with E-state index in [9.17, 15) is 0 Å². The SMILES string of the molecule is Cc1[nH]ncc1CCCNc1nc(C(C)(C)C)ns1. The van der Waals surface area contributed by atoms with Crippen LogP contribution < -0.4 is 5.32 Å². The topological polar surface area (TPSA) is 66.5 Å². The van der Waals surface area contributed by atoms with Gasteiger partial charge in [-0.1, -0.05) is 20.8 Å². The number of rotatable bonds is 5. The highest BCUT2D eigenvalue weighted by Gasteiger charge is 2.19. The monoisotopic (exact) mass is 279 g/mol. The third kappa shape index (κ3) is 3.76. The van der Waals surface area contributed by atoms with Crippen molar-refractivity contribution in [3.63, 3.8) is 0 Å². The molecule has 0 aliphatic heterocycles. The van der Waals surface area contributed by atoms with Crippen LogP contribution in [0.25, 0.3) is 0 Å². The van der Waals surface area contributed by atoms with Gasteiger partial charge in [-0.15, -0.1) is 0 Å². The molecule has 0 unspecified atom stereocenters. The molecule has 6 heteroatoms. The van der Waals surface area contributed by atoms with E-state index in [0.29, 0.717) is 0 Å². The standard InChI is InChI=1S/C13H21N5S/c1-9-10(8-15-17-9)6-5-7-14-12-16-11(18-19-12)13(2,3)4/h8H,5-7H2,1-4H3,(H,15,17)(H,14,16,18). The highest BCUT2D eigenvalue weighted by atomic mass is 32.1. The van der Waals surface area contributed by atoms with E-state index in [4.69, 9.17) is 0 Å². The zero-order chi connectivity index (χ0) is 13.9. The molecule has 0 aliphatic rings. The van der Waals surface area contributed by atoms with E-state index in [-0.39, 0.29) is 5.41 Å². The summed E-state index contributed by atoms with van der Waals surface area (Å²) in [6, 6.07) is 0. The lowest BCUT2D eigenvalue weighted by molar-refractivity contribution is 0.555. The molecular weight excluding hydrogens is 258 g/mol. The van der Waals surface area contributed by atoms with Gasteiger partial charge in [-0.2, -0.15) is 9.47 Å². The lowest BCUT2D eigenvalue weighted by atomic mass is 9.96. The first kappa shape index (κ1) is 14.0. The Morgan fingerprint density at radius 1 is 1.37 bits per heavy atom. The molecule has 0 aliphatic carbocycles. The Balaban J connectivity index is 1.77. The molecule has 2 rings (SSSR count). The second-order valence-electron chi connectivity index (χ2n) is 5.72. The Kier molecular flexibility index (Phi) is 4.19. The zero-order valence-electron chi connectivity index (χ0n) is 11.9. The first-order valence-corrected chi connectivity index (χ1v) is 7.31. The van der Waals surface area contributed by atoms with E-state index in [2.05, 4.69) is 52.6 Å². The molecule has 104 valence electrons. The maximum Gasteiger partial charge on any atom is 0.202 e. The largest absolute Gasteiger partial charge is 0.360 e. The lowest BCUT2D eigenvalue weighted by Crippen LogP contribution is -2.13. The second-order valence-corrected chi connectivity index (χ2v) is 6.48. The van der Waals surface area contributed by atoms with Gasteiger partial charge in [0.1, 0.15) is 5.82 Å². The molecule has 0 spiro atoms.